The van der Waals surface area contributed by atoms with Crippen molar-refractivity contribution in [1.29, 1.82) is 0 Å². The van der Waals surface area contributed by atoms with Gasteiger partial charge in [-0.3, -0.25) is 0 Å². The van der Waals surface area contributed by atoms with E-state index in [4.69, 9.17) is 9.47 Å². The van der Waals surface area contributed by atoms with E-state index in [0.717, 1.165) is 31.6 Å². The van der Waals surface area contributed by atoms with E-state index in [9.17, 15) is 4.79 Å². The summed E-state index contributed by atoms with van der Waals surface area (Å²) >= 11 is 0. The van der Waals surface area contributed by atoms with E-state index in [2.05, 4.69) is 17.4 Å². The summed E-state index contributed by atoms with van der Waals surface area (Å²) in [5, 5.41) is 2.97. The Morgan fingerprint density at radius 3 is 3.00 bits per heavy atom. The van der Waals surface area contributed by atoms with Crippen molar-refractivity contribution in [2.75, 3.05) is 26.9 Å². The van der Waals surface area contributed by atoms with E-state index in [1.165, 1.54) is 24.0 Å². The van der Waals surface area contributed by atoms with E-state index in [1.807, 2.05) is 11.0 Å². The molecule has 1 fully saturated rings. The number of carbonyl (C=O) groups is 1. The van der Waals surface area contributed by atoms with Crippen molar-refractivity contribution in [3.63, 3.8) is 0 Å². The molecule has 23 heavy (non-hydrogen) atoms. The van der Waals surface area contributed by atoms with Crippen LogP contribution in [0.5, 0.6) is 5.75 Å². The predicted octanol–water partition coefficient (Wildman–Crippen LogP) is 2.72. The molecule has 1 aromatic rings. The van der Waals surface area contributed by atoms with Gasteiger partial charge in [-0.05, 0) is 30.0 Å². The molecule has 126 valence electrons. The number of ether oxygens (including phenoxy) is 2. The molecule has 0 spiro atoms. The van der Waals surface area contributed by atoms with Gasteiger partial charge in [0, 0.05) is 32.7 Å². The van der Waals surface area contributed by atoms with Crippen molar-refractivity contribution in [3.8, 4) is 5.75 Å². The average molecular weight is 318 g/mol. The molecule has 3 rings (SSSR count). The Labute approximate surface area is 137 Å². The molecule has 2 aliphatic rings. The van der Waals surface area contributed by atoms with Crippen LogP contribution >= 0.6 is 0 Å². The highest BCUT2D eigenvalue weighted by atomic mass is 16.5. The number of urea groups is 1. The van der Waals surface area contributed by atoms with Gasteiger partial charge in [-0.2, -0.15) is 0 Å². The zero-order chi connectivity index (χ0) is 16.1. The average Bonchev–Trinajstić information content (AvgIpc) is 3.23. The van der Waals surface area contributed by atoms with Gasteiger partial charge in [-0.25, -0.2) is 4.79 Å². The molecule has 1 aliphatic heterocycles. The fourth-order valence-corrected chi connectivity index (χ4v) is 3.48. The number of nitrogens with zero attached hydrogens (tertiary/aromatic N) is 1. The van der Waals surface area contributed by atoms with Crippen LogP contribution in [0.2, 0.25) is 0 Å². The molecule has 0 saturated heterocycles. The van der Waals surface area contributed by atoms with E-state index < -0.39 is 0 Å². The van der Waals surface area contributed by atoms with Crippen molar-refractivity contribution < 1.29 is 14.3 Å². The molecule has 5 heteroatoms. The third kappa shape index (κ3) is 3.96. The van der Waals surface area contributed by atoms with Gasteiger partial charge in [0.1, 0.15) is 5.75 Å². The maximum atomic E-state index is 12.6. The van der Waals surface area contributed by atoms with Gasteiger partial charge in [0.25, 0.3) is 0 Å². The number of fused-ring (bicyclic) bond motifs is 1. The van der Waals surface area contributed by atoms with Gasteiger partial charge < -0.3 is 19.7 Å². The third-order valence-corrected chi connectivity index (χ3v) is 4.72. The monoisotopic (exact) mass is 318 g/mol. The summed E-state index contributed by atoms with van der Waals surface area (Å²) in [5.74, 6) is 0.991. The van der Waals surface area contributed by atoms with Crippen molar-refractivity contribution in [2.45, 2.75) is 44.7 Å². The second kappa shape index (κ2) is 7.68. The summed E-state index contributed by atoms with van der Waals surface area (Å²) in [6.07, 6.45) is 5.60. The molecule has 1 N–H and O–H groups in total. The highest BCUT2D eigenvalue weighted by Crippen LogP contribution is 2.29. The fraction of sp³-hybridized carbons (Fsp3) is 0.611. The summed E-state index contributed by atoms with van der Waals surface area (Å²) in [7, 11) is 1.65. The van der Waals surface area contributed by atoms with Gasteiger partial charge in [0.2, 0.25) is 0 Å². The molecule has 0 unspecified atom stereocenters. The maximum absolute atomic E-state index is 12.6. The number of hydrogen-bond acceptors (Lipinski definition) is 3. The van der Waals surface area contributed by atoms with Crippen LogP contribution in [0.15, 0.2) is 18.2 Å². The lowest BCUT2D eigenvalue weighted by molar-refractivity contribution is 0.161. The Hall–Kier alpha value is -1.75. The van der Waals surface area contributed by atoms with Crippen LogP contribution in [0.1, 0.15) is 36.8 Å². The van der Waals surface area contributed by atoms with Crippen LogP contribution in [0, 0.1) is 0 Å². The summed E-state index contributed by atoms with van der Waals surface area (Å²) in [4.78, 5) is 14.6. The molecule has 1 heterocycles. The third-order valence-electron chi connectivity index (χ3n) is 4.72. The number of amides is 2. The Morgan fingerprint density at radius 1 is 1.39 bits per heavy atom. The molecule has 1 saturated carbocycles. The van der Waals surface area contributed by atoms with Crippen LogP contribution in [0.4, 0.5) is 4.79 Å². The maximum Gasteiger partial charge on any atom is 0.318 e. The van der Waals surface area contributed by atoms with Gasteiger partial charge >= 0.3 is 6.03 Å². The molecular weight excluding hydrogens is 292 g/mol. The number of carbonyl (C=O) groups excluding carboxylic acids is 1. The number of methoxy groups -OCH3 is 1. The second-order valence-electron chi connectivity index (χ2n) is 6.33. The van der Waals surface area contributed by atoms with Crippen molar-refractivity contribution in [2.24, 2.45) is 0 Å². The summed E-state index contributed by atoms with van der Waals surface area (Å²) < 4.78 is 10.6. The fourth-order valence-electron chi connectivity index (χ4n) is 3.48. The zero-order valence-electron chi connectivity index (χ0n) is 13.8. The molecule has 5 nitrogen and oxygen atoms in total. The Bertz CT molecular complexity index is 541. The minimum atomic E-state index is 0.0192. The highest BCUT2D eigenvalue weighted by Gasteiger charge is 2.27. The first-order valence-corrected chi connectivity index (χ1v) is 8.56. The highest BCUT2D eigenvalue weighted by molar-refractivity contribution is 5.74. The van der Waals surface area contributed by atoms with E-state index in [1.54, 1.807) is 7.11 Å². The topological polar surface area (TPSA) is 50.8 Å². The van der Waals surface area contributed by atoms with Crippen LogP contribution in [-0.4, -0.2) is 43.8 Å². The summed E-state index contributed by atoms with van der Waals surface area (Å²) in [6, 6.07) is 6.67. The number of hydrogen-bond donors (Lipinski definition) is 1. The van der Waals surface area contributed by atoms with Crippen LogP contribution in [0.25, 0.3) is 0 Å². The number of rotatable bonds is 6. The molecule has 1 aliphatic carbocycles. The van der Waals surface area contributed by atoms with Crippen molar-refractivity contribution in [1.82, 2.24) is 10.2 Å². The molecule has 2 amide bonds. The smallest absolute Gasteiger partial charge is 0.318 e. The van der Waals surface area contributed by atoms with E-state index >= 15 is 0 Å². The summed E-state index contributed by atoms with van der Waals surface area (Å²) in [5.41, 5.74) is 2.44. The first-order valence-electron chi connectivity index (χ1n) is 8.56. The molecule has 0 radical (unpaired) electrons. The lowest BCUT2D eigenvalue weighted by atomic mass is 10.1. The predicted molar refractivity (Wildman–Crippen MR) is 88.7 cm³/mol. The zero-order valence-corrected chi connectivity index (χ0v) is 13.8. The molecule has 0 bridgehead atoms. The van der Waals surface area contributed by atoms with Crippen LogP contribution in [-0.2, 0) is 17.7 Å². The first kappa shape index (κ1) is 16.1. The Morgan fingerprint density at radius 2 is 2.22 bits per heavy atom. The quantitative estimate of drug-likeness (QED) is 0.821. The minimum Gasteiger partial charge on any atom is -0.493 e. The summed E-state index contributed by atoms with van der Waals surface area (Å²) in [6.45, 7) is 2.52. The van der Waals surface area contributed by atoms with Gasteiger partial charge in [-0.1, -0.05) is 25.0 Å². The number of benzene rings is 1. The normalized spacial score (nSPS) is 16.9. The Kier molecular flexibility index (Phi) is 5.39. The van der Waals surface area contributed by atoms with Gasteiger partial charge in [0.15, 0.2) is 0 Å². The van der Waals surface area contributed by atoms with Gasteiger partial charge in [-0.15, -0.1) is 0 Å². The molecule has 1 aromatic carbocycles. The molecule has 0 aromatic heterocycles. The lowest BCUT2D eigenvalue weighted by Crippen LogP contribution is -2.45. The largest absolute Gasteiger partial charge is 0.493 e. The van der Waals surface area contributed by atoms with Crippen LogP contribution < -0.4 is 10.1 Å². The van der Waals surface area contributed by atoms with Gasteiger partial charge in [0.05, 0.1) is 13.2 Å². The SMILES string of the molecule is COCCNC(=O)N(Cc1ccc2c(c1)CCO2)C1CCCC1. The Balaban J connectivity index is 1.68. The first-order chi connectivity index (χ1) is 11.3. The van der Waals surface area contributed by atoms with E-state index in [0.29, 0.717) is 25.7 Å². The van der Waals surface area contributed by atoms with Crippen molar-refractivity contribution in [3.05, 3.63) is 29.3 Å². The number of nitrogens with one attached hydrogen (secondary N) is 1. The minimum absolute atomic E-state index is 0.0192. The molecule has 0 atom stereocenters. The van der Waals surface area contributed by atoms with E-state index in [-0.39, 0.29) is 6.03 Å². The lowest BCUT2D eigenvalue weighted by Gasteiger charge is -2.29. The standard InChI is InChI=1S/C18H26N2O3/c1-22-11-9-19-18(21)20(16-4-2-3-5-16)13-14-6-7-17-15(12-14)8-10-23-17/h6-7,12,16H,2-5,8-11,13H2,1H3,(H,19,21). The molecular formula is C18H26N2O3. The van der Waals surface area contributed by atoms with Crippen LogP contribution in [0.3, 0.4) is 0 Å². The second-order valence-corrected chi connectivity index (χ2v) is 6.33. The van der Waals surface area contributed by atoms with Crippen molar-refractivity contribution >= 4 is 6.03 Å².